The van der Waals surface area contributed by atoms with E-state index in [1.165, 1.54) is 23.5 Å². The van der Waals surface area contributed by atoms with Crippen LogP contribution >= 0.6 is 0 Å². The summed E-state index contributed by atoms with van der Waals surface area (Å²) in [5.41, 5.74) is 0.770. The standard InChI is InChI=1S/C17H20FN3O4S/c1-12-5-8-17(20-19-12)25-13-4-3-9-21(11-13)26(22,23)14-6-7-16(24-2)15(18)10-14/h5-8,10,13H,3-4,9,11H2,1-2H3. The number of rotatable bonds is 5. The summed E-state index contributed by atoms with van der Waals surface area (Å²) in [4.78, 5) is -0.105. The predicted molar refractivity (Wildman–Crippen MR) is 92.1 cm³/mol. The van der Waals surface area contributed by atoms with E-state index in [1.54, 1.807) is 12.1 Å². The molecule has 0 amide bonds. The largest absolute Gasteiger partial charge is 0.494 e. The molecule has 2 aromatic rings. The molecule has 0 N–H and O–H groups in total. The Kier molecular flexibility index (Phi) is 5.38. The molecule has 9 heteroatoms. The second-order valence-electron chi connectivity index (χ2n) is 6.05. The second kappa shape index (κ2) is 7.55. The molecular weight excluding hydrogens is 361 g/mol. The fourth-order valence-corrected chi connectivity index (χ4v) is 4.32. The van der Waals surface area contributed by atoms with Crippen LogP contribution < -0.4 is 9.47 Å². The average Bonchev–Trinajstić information content (AvgIpc) is 2.64. The highest BCUT2D eigenvalue weighted by molar-refractivity contribution is 7.89. The van der Waals surface area contributed by atoms with Gasteiger partial charge in [0.05, 0.1) is 24.2 Å². The number of halogens is 1. The number of ether oxygens (including phenoxy) is 2. The quantitative estimate of drug-likeness (QED) is 0.790. The van der Waals surface area contributed by atoms with Gasteiger partial charge in [-0.05, 0) is 44.0 Å². The molecule has 7 nitrogen and oxygen atoms in total. The summed E-state index contributed by atoms with van der Waals surface area (Å²) < 4.78 is 51.4. The first-order chi connectivity index (χ1) is 12.4. The highest BCUT2D eigenvalue weighted by Gasteiger charge is 2.32. The Balaban J connectivity index is 1.75. The lowest BCUT2D eigenvalue weighted by Crippen LogP contribution is -2.44. The molecule has 1 aliphatic rings. The molecule has 0 aliphatic carbocycles. The molecule has 1 aliphatic heterocycles. The van der Waals surface area contributed by atoms with Crippen molar-refractivity contribution in [1.29, 1.82) is 0 Å². The van der Waals surface area contributed by atoms with Gasteiger partial charge >= 0.3 is 0 Å². The Morgan fingerprint density at radius 1 is 1.23 bits per heavy atom. The summed E-state index contributed by atoms with van der Waals surface area (Å²) in [6.07, 6.45) is 1.01. The Bertz CT molecular complexity index is 874. The van der Waals surface area contributed by atoms with E-state index in [2.05, 4.69) is 10.2 Å². The molecule has 1 saturated heterocycles. The Morgan fingerprint density at radius 2 is 2.04 bits per heavy atom. The van der Waals surface area contributed by atoms with E-state index in [4.69, 9.17) is 9.47 Å². The van der Waals surface area contributed by atoms with E-state index in [0.29, 0.717) is 25.3 Å². The minimum atomic E-state index is -3.82. The van der Waals surface area contributed by atoms with Crippen LogP contribution in [0.15, 0.2) is 35.2 Å². The van der Waals surface area contributed by atoms with Gasteiger partial charge in [-0.1, -0.05) is 0 Å². The van der Waals surface area contributed by atoms with Crippen molar-refractivity contribution in [3.05, 3.63) is 41.8 Å². The third kappa shape index (κ3) is 3.94. The Labute approximate surface area is 151 Å². The molecule has 3 rings (SSSR count). The molecule has 0 bridgehead atoms. The number of hydrogen-bond acceptors (Lipinski definition) is 6. The van der Waals surface area contributed by atoms with E-state index >= 15 is 0 Å². The van der Waals surface area contributed by atoms with Crippen LogP contribution in [0.1, 0.15) is 18.5 Å². The van der Waals surface area contributed by atoms with Gasteiger partial charge in [0.1, 0.15) is 6.10 Å². The second-order valence-corrected chi connectivity index (χ2v) is 7.99. The monoisotopic (exact) mass is 381 g/mol. The lowest BCUT2D eigenvalue weighted by Gasteiger charge is -2.31. The third-order valence-corrected chi connectivity index (χ3v) is 6.02. The van der Waals surface area contributed by atoms with Crippen LogP contribution in [-0.2, 0) is 10.0 Å². The van der Waals surface area contributed by atoms with Crippen molar-refractivity contribution in [3.8, 4) is 11.6 Å². The molecule has 140 valence electrons. The molecule has 2 heterocycles. The highest BCUT2D eigenvalue weighted by Crippen LogP contribution is 2.26. The molecule has 1 aromatic heterocycles. The lowest BCUT2D eigenvalue weighted by atomic mass is 10.1. The van der Waals surface area contributed by atoms with E-state index in [-0.39, 0.29) is 23.3 Å². The van der Waals surface area contributed by atoms with Crippen LogP contribution in [0.4, 0.5) is 4.39 Å². The topological polar surface area (TPSA) is 81.6 Å². The van der Waals surface area contributed by atoms with Crippen LogP contribution in [-0.4, -0.2) is 49.2 Å². The van der Waals surface area contributed by atoms with Crippen molar-refractivity contribution in [2.24, 2.45) is 0 Å². The van der Waals surface area contributed by atoms with Gasteiger partial charge in [-0.3, -0.25) is 0 Å². The molecule has 0 spiro atoms. The van der Waals surface area contributed by atoms with Crippen molar-refractivity contribution in [1.82, 2.24) is 14.5 Å². The lowest BCUT2D eigenvalue weighted by molar-refractivity contribution is 0.123. The van der Waals surface area contributed by atoms with Crippen molar-refractivity contribution in [2.75, 3.05) is 20.2 Å². The first kappa shape index (κ1) is 18.5. The number of benzene rings is 1. The summed E-state index contributed by atoms with van der Waals surface area (Å²) in [6.45, 7) is 2.35. The maximum absolute atomic E-state index is 13.9. The molecule has 1 fully saturated rings. The summed E-state index contributed by atoms with van der Waals surface area (Å²) in [7, 11) is -2.49. The summed E-state index contributed by atoms with van der Waals surface area (Å²) in [6, 6.07) is 7.10. The van der Waals surface area contributed by atoms with E-state index in [1.807, 2.05) is 6.92 Å². The Hall–Kier alpha value is -2.26. The zero-order valence-electron chi connectivity index (χ0n) is 14.6. The van der Waals surface area contributed by atoms with Gasteiger partial charge in [-0.25, -0.2) is 12.8 Å². The summed E-state index contributed by atoms with van der Waals surface area (Å²) in [5.74, 6) is -0.356. The number of sulfonamides is 1. The molecule has 1 atom stereocenters. The molecule has 1 unspecified atom stereocenters. The van der Waals surface area contributed by atoms with Gasteiger partial charge in [-0.15, -0.1) is 5.10 Å². The van der Waals surface area contributed by atoms with Crippen LogP contribution in [0.2, 0.25) is 0 Å². The first-order valence-electron chi connectivity index (χ1n) is 8.21. The van der Waals surface area contributed by atoms with Crippen molar-refractivity contribution in [3.63, 3.8) is 0 Å². The van der Waals surface area contributed by atoms with Gasteiger partial charge in [0.15, 0.2) is 11.6 Å². The van der Waals surface area contributed by atoms with Crippen LogP contribution in [0.3, 0.4) is 0 Å². The van der Waals surface area contributed by atoms with E-state index in [0.717, 1.165) is 11.8 Å². The van der Waals surface area contributed by atoms with Gasteiger partial charge in [0.25, 0.3) is 0 Å². The SMILES string of the molecule is COc1ccc(S(=O)(=O)N2CCCC(Oc3ccc(C)nn3)C2)cc1F. The minimum Gasteiger partial charge on any atom is -0.494 e. The highest BCUT2D eigenvalue weighted by atomic mass is 32.2. The molecule has 26 heavy (non-hydrogen) atoms. The molecular formula is C17H20FN3O4S. The number of nitrogens with zero attached hydrogens (tertiary/aromatic N) is 3. The normalized spacial score (nSPS) is 18.5. The number of aryl methyl sites for hydroxylation is 1. The Morgan fingerprint density at radius 3 is 2.69 bits per heavy atom. The number of methoxy groups -OCH3 is 1. The first-order valence-corrected chi connectivity index (χ1v) is 9.65. The smallest absolute Gasteiger partial charge is 0.243 e. The summed E-state index contributed by atoms with van der Waals surface area (Å²) >= 11 is 0. The minimum absolute atomic E-state index is 0.00162. The van der Waals surface area contributed by atoms with E-state index in [9.17, 15) is 12.8 Å². The fraction of sp³-hybridized carbons (Fsp3) is 0.412. The maximum atomic E-state index is 13.9. The average molecular weight is 381 g/mol. The zero-order chi connectivity index (χ0) is 18.7. The van der Waals surface area contributed by atoms with Crippen LogP contribution in [0.25, 0.3) is 0 Å². The molecule has 0 radical (unpaired) electrons. The third-order valence-electron chi connectivity index (χ3n) is 4.16. The predicted octanol–water partition coefficient (Wildman–Crippen LogP) is 2.16. The summed E-state index contributed by atoms with van der Waals surface area (Å²) in [5, 5.41) is 7.87. The van der Waals surface area contributed by atoms with Gasteiger partial charge < -0.3 is 9.47 Å². The number of piperidine rings is 1. The van der Waals surface area contributed by atoms with Gasteiger partial charge in [0, 0.05) is 12.6 Å². The number of hydrogen-bond donors (Lipinski definition) is 0. The van der Waals surface area contributed by atoms with Crippen LogP contribution in [0.5, 0.6) is 11.6 Å². The molecule has 0 saturated carbocycles. The van der Waals surface area contributed by atoms with E-state index < -0.39 is 15.8 Å². The number of aromatic nitrogens is 2. The van der Waals surface area contributed by atoms with Crippen molar-refractivity contribution < 1.29 is 22.3 Å². The van der Waals surface area contributed by atoms with Crippen molar-refractivity contribution >= 4 is 10.0 Å². The van der Waals surface area contributed by atoms with Gasteiger partial charge in [-0.2, -0.15) is 9.40 Å². The van der Waals surface area contributed by atoms with Crippen molar-refractivity contribution in [2.45, 2.75) is 30.8 Å². The fourth-order valence-electron chi connectivity index (χ4n) is 2.80. The molecule has 1 aromatic carbocycles. The van der Waals surface area contributed by atoms with Crippen LogP contribution in [0, 0.1) is 12.7 Å². The zero-order valence-corrected chi connectivity index (χ0v) is 15.4. The maximum Gasteiger partial charge on any atom is 0.243 e. The van der Waals surface area contributed by atoms with Gasteiger partial charge in [0.2, 0.25) is 15.9 Å².